The molecule has 0 aromatic carbocycles. The normalized spacial score (nSPS) is 10.1. The predicted octanol–water partition coefficient (Wildman–Crippen LogP) is -0.608. The maximum atomic E-state index is 9.55. The van der Waals surface area contributed by atoms with E-state index in [2.05, 4.69) is 24.0 Å². The van der Waals surface area contributed by atoms with Crippen LogP contribution in [-0.2, 0) is 33.6 Å². The van der Waals surface area contributed by atoms with E-state index in [1.54, 1.807) is 0 Å². The SMILES string of the molecule is CCn1cc[n+](C)c1.O=C(O)/C=C\C(=O)O.O=S(=O)(O)O. The molecule has 1 aromatic rings. The molecular formula is C10H17N2O8S+. The van der Waals surface area contributed by atoms with Crippen molar-refractivity contribution in [1.82, 2.24) is 4.57 Å². The van der Waals surface area contributed by atoms with E-state index in [-0.39, 0.29) is 0 Å². The zero-order chi connectivity index (χ0) is 17.1. The fourth-order valence-electron chi connectivity index (χ4n) is 0.831. The maximum Gasteiger partial charge on any atom is 0.394 e. The first-order chi connectivity index (χ1) is 9.45. The van der Waals surface area contributed by atoms with Crippen LogP contribution in [0.3, 0.4) is 0 Å². The van der Waals surface area contributed by atoms with Crippen LogP contribution in [0.25, 0.3) is 0 Å². The predicted molar refractivity (Wildman–Crippen MR) is 69.9 cm³/mol. The lowest BCUT2D eigenvalue weighted by Crippen LogP contribution is -2.23. The van der Waals surface area contributed by atoms with Gasteiger partial charge in [-0.25, -0.2) is 18.7 Å². The Balaban J connectivity index is 0. The molecule has 1 aromatic heterocycles. The van der Waals surface area contributed by atoms with Gasteiger partial charge in [-0.3, -0.25) is 9.11 Å². The van der Waals surface area contributed by atoms with E-state index >= 15 is 0 Å². The summed E-state index contributed by atoms with van der Waals surface area (Å²) in [6.07, 6.45) is 7.26. The van der Waals surface area contributed by atoms with Crippen LogP contribution in [0.1, 0.15) is 6.92 Å². The minimum Gasteiger partial charge on any atom is -0.478 e. The Kier molecular flexibility index (Phi) is 10.6. The second-order valence-electron chi connectivity index (χ2n) is 3.37. The highest BCUT2D eigenvalue weighted by atomic mass is 32.3. The van der Waals surface area contributed by atoms with E-state index < -0.39 is 22.3 Å². The van der Waals surface area contributed by atoms with Gasteiger partial charge in [0, 0.05) is 12.2 Å². The summed E-state index contributed by atoms with van der Waals surface area (Å²) in [7, 11) is -2.65. The Morgan fingerprint density at radius 2 is 1.57 bits per heavy atom. The number of carboxylic acid groups (broad SMARTS) is 2. The van der Waals surface area contributed by atoms with Crippen LogP contribution in [0, 0.1) is 0 Å². The number of aryl methyl sites for hydroxylation is 2. The van der Waals surface area contributed by atoms with E-state index in [4.69, 9.17) is 27.7 Å². The number of rotatable bonds is 3. The van der Waals surface area contributed by atoms with Gasteiger partial charge in [0.1, 0.15) is 12.4 Å². The molecular weight excluding hydrogens is 308 g/mol. The van der Waals surface area contributed by atoms with Crippen LogP contribution in [0.15, 0.2) is 30.9 Å². The first kappa shape index (κ1) is 21.1. The molecule has 0 fully saturated rings. The number of hydrogen-bond acceptors (Lipinski definition) is 4. The van der Waals surface area contributed by atoms with Crippen molar-refractivity contribution in [2.45, 2.75) is 13.5 Å². The Morgan fingerprint density at radius 1 is 1.19 bits per heavy atom. The third kappa shape index (κ3) is 23.3. The van der Waals surface area contributed by atoms with E-state index in [0.717, 1.165) is 6.54 Å². The standard InChI is InChI=1S/C6H11N2.C4H4O4.H2O4S/c1-3-8-5-4-7(2)6-8;5-3(6)1-2-4(7)8;1-5(2,3)4/h4-6H,3H2,1-2H3;1-2H,(H,5,6)(H,7,8);(H2,1,2,3,4)/q+1;;/b;2-1-;. The number of carboxylic acids is 2. The van der Waals surface area contributed by atoms with Crippen LogP contribution >= 0.6 is 0 Å². The second-order valence-corrected chi connectivity index (χ2v) is 4.26. The van der Waals surface area contributed by atoms with Gasteiger partial charge in [0.25, 0.3) is 0 Å². The van der Waals surface area contributed by atoms with E-state index in [9.17, 15) is 9.59 Å². The molecule has 1 rings (SSSR count). The summed E-state index contributed by atoms with van der Waals surface area (Å²) in [6.45, 7) is 3.18. The van der Waals surface area contributed by atoms with Gasteiger partial charge < -0.3 is 10.2 Å². The Morgan fingerprint density at radius 3 is 1.71 bits per heavy atom. The molecule has 120 valence electrons. The lowest BCUT2D eigenvalue weighted by atomic mass is 10.5. The number of imidazole rings is 1. The third-order valence-electron chi connectivity index (χ3n) is 1.56. The molecule has 0 aliphatic rings. The second kappa shape index (κ2) is 10.5. The summed E-state index contributed by atoms with van der Waals surface area (Å²) < 4.78 is 35.7. The zero-order valence-corrected chi connectivity index (χ0v) is 12.1. The molecule has 0 aliphatic heterocycles. The van der Waals surface area contributed by atoms with Gasteiger partial charge in [0.2, 0.25) is 6.33 Å². The average molecular weight is 325 g/mol. The molecule has 4 N–H and O–H groups in total. The van der Waals surface area contributed by atoms with E-state index in [0.29, 0.717) is 12.2 Å². The summed E-state index contributed by atoms with van der Waals surface area (Å²) >= 11 is 0. The molecule has 0 aliphatic carbocycles. The van der Waals surface area contributed by atoms with Crippen molar-refractivity contribution in [2.24, 2.45) is 7.05 Å². The Labute approximate surface area is 121 Å². The Hall–Kier alpha value is -2.24. The van der Waals surface area contributed by atoms with E-state index in [1.807, 2.05) is 17.8 Å². The van der Waals surface area contributed by atoms with Crippen LogP contribution in [0.2, 0.25) is 0 Å². The van der Waals surface area contributed by atoms with Gasteiger partial charge >= 0.3 is 22.3 Å². The van der Waals surface area contributed by atoms with Crippen molar-refractivity contribution in [2.75, 3.05) is 0 Å². The summed E-state index contributed by atoms with van der Waals surface area (Å²) in [6, 6.07) is 0. The molecule has 0 saturated carbocycles. The smallest absolute Gasteiger partial charge is 0.394 e. The van der Waals surface area contributed by atoms with Crippen LogP contribution in [-0.4, -0.2) is 44.2 Å². The van der Waals surface area contributed by atoms with Gasteiger partial charge in [0.05, 0.1) is 13.6 Å². The van der Waals surface area contributed by atoms with Gasteiger partial charge in [-0.15, -0.1) is 0 Å². The molecule has 0 radical (unpaired) electrons. The quantitative estimate of drug-likeness (QED) is 0.325. The lowest BCUT2D eigenvalue weighted by molar-refractivity contribution is -0.671. The van der Waals surface area contributed by atoms with Crippen LogP contribution in [0.4, 0.5) is 0 Å². The molecule has 0 atom stereocenters. The number of aliphatic carboxylic acids is 2. The topological polar surface area (TPSA) is 158 Å². The summed E-state index contributed by atoms with van der Waals surface area (Å²) in [5.41, 5.74) is 0. The largest absolute Gasteiger partial charge is 0.478 e. The molecule has 11 heteroatoms. The number of carbonyl (C=O) groups is 2. The van der Waals surface area contributed by atoms with Gasteiger partial charge in [-0.2, -0.15) is 8.42 Å². The zero-order valence-electron chi connectivity index (χ0n) is 11.3. The number of nitrogens with zero attached hydrogens (tertiary/aromatic N) is 2. The molecule has 10 nitrogen and oxygen atoms in total. The van der Waals surface area contributed by atoms with Crippen molar-refractivity contribution in [3.8, 4) is 0 Å². The molecule has 0 spiro atoms. The van der Waals surface area contributed by atoms with Crippen molar-refractivity contribution >= 4 is 22.3 Å². The van der Waals surface area contributed by atoms with Crippen molar-refractivity contribution in [1.29, 1.82) is 0 Å². The van der Waals surface area contributed by atoms with Gasteiger partial charge in [0.15, 0.2) is 0 Å². The summed E-state index contributed by atoms with van der Waals surface area (Å²) in [5.74, 6) is -2.51. The minimum absolute atomic E-state index is 0.558. The van der Waals surface area contributed by atoms with Gasteiger partial charge in [-0.05, 0) is 6.92 Å². The molecule has 0 unspecified atom stereocenters. The fraction of sp³-hybridized carbons (Fsp3) is 0.300. The van der Waals surface area contributed by atoms with Crippen LogP contribution in [0.5, 0.6) is 0 Å². The first-order valence-electron chi connectivity index (χ1n) is 5.30. The minimum atomic E-state index is -4.67. The highest BCUT2D eigenvalue weighted by Crippen LogP contribution is 1.79. The highest BCUT2D eigenvalue weighted by Gasteiger charge is 1.92. The Bertz CT molecular complexity index is 552. The average Bonchev–Trinajstić information content (AvgIpc) is 2.71. The number of aromatic nitrogens is 2. The van der Waals surface area contributed by atoms with E-state index in [1.165, 1.54) is 0 Å². The van der Waals surface area contributed by atoms with Crippen molar-refractivity contribution in [3.63, 3.8) is 0 Å². The molecule has 0 amide bonds. The molecule has 0 saturated heterocycles. The number of hydrogen-bond donors (Lipinski definition) is 4. The summed E-state index contributed by atoms with van der Waals surface area (Å²) in [4.78, 5) is 19.1. The molecule has 0 bridgehead atoms. The monoisotopic (exact) mass is 325 g/mol. The fourth-order valence-corrected chi connectivity index (χ4v) is 0.831. The van der Waals surface area contributed by atoms with Gasteiger partial charge in [-0.1, -0.05) is 0 Å². The van der Waals surface area contributed by atoms with Crippen molar-refractivity contribution < 1.29 is 41.9 Å². The first-order valence-corrected chi connectivity index (χ1v) is 6.70. The van der Waals surface area contributed by atoms with Crippen molar-refractivity contribution in [3.05, 3.63) is 30.9 Å². The molecule has 1 heterocycles. The maximum absolute atomic E-state index is 9.55. The highest BCUT2D eigenvalue weighted by molar-refractivity contribution is 7.79. The third-order valence-corrected chi connectivity index (χ3v) is 1.56. The van der Waals surface area contributed by atoms with Crippen LogP contribution < -0.4 is 4.57 Å². The molecule has 21 heavy (non-hydrogen) atoms. The summed E-state index contributed by atoms with van der Waals surface area (Å²) in [5, 5.41) is 15.6. The lowest BCUT2D eigenvalue weighted by Gasteiger charge is -1.81.